The first-order valence-electron chi connectivity index (χ1n) is 9.94. The molecule has 0 saturated carbocycles. The second-order valence-electron chi connectivity index (χ2n) is 7.35. The summed E-state index contributed by atoms with van der Waals surface area (Å²) in [6, 6.07) is 7.06. The van der Waals surface area contributed by atoms with E-state index in [0.717, 1.165) is 18.4 Å². The van der Waals surface area contributed by atoms with Gasteiger partial charge in [-0.05, 0) is 37.1 Å². The van der Waals surface area contributed by atoms with E-state index in [4.69, 9.17) is 10.2 Å². The van der Waals surface area contributed by atoms with Gasteiger partial charge in [0.2, 0.25) is 11.8 Å². The summed E-state index contributed by atoms with van der Waals surface area (Å²) in [5.41, 5.74) is 6.78. The smallest absolute Gasteiger partial charge is 0.407 e. The molecule has 4 N–H and O–H groups in total. The quantitative estimate of drug-likeness (QED) is 0.518. The van der Waals surface area contributed by atoms with Crippen molar-refractivity contribution in [3.05, 3.63) is 42.4 Å². The van der Waals surface area contributed by atoms with Crippen molar-refractivity contribution in [2.75, 3.05) is 30.4 Å². The fourth-order valence-electron chi connectivity index (χ4n) is 3.53. The molecule has 1 atom stereocenters. The molecule has 4 rings (SSSR count). The maximum atomic E-state index is 11.9. The van der Waals surface area contributed by atoms with E-state index >= 15 is 0 Å². The summed E-state index contributed by atoms with van der Waals surface area (Å²) in [5, 5.41) is 20.3. The van der Waals surface area contributed by atoms with Gasteiger partial charge in [-0.3, -0.25) is 4.79 Å². The lowest BCUT2D eigenvalue weighted by Gasteiger charge is -2.36. The standard InChI is InChI=1S/C20H22N8O4/c1-27(14-3-2-9-28(11-14)20(30)31)19-24-17(15(16(21)29)25-26-19)23-13-6-4-12(5-7-13)18-22-8-10-32-18/h4-8,10,14H,2-3,9,11H2,1H3,(H2,21,29)(H,30,31)(H,23,24,26)/t14-/m1/s1. The van der Waals surface area contributed by atoms with Crippen LogP contribution in [0, 0.1) is 0 Å². The average Bonchev–Trinajstić information content (AvgIpc) is 3.34. The number of rotatable bonds is 6. The van der Waals surface area contributed by atoms with Crippen LogP contribution < -0.4 is 16.0 Å². The summed E-state index contributed by atoms with van der Waals surface area (Å²) in [7, 11) is 1.77. The highest BCUT2D eigenvalue weighted by molar-refractivity contribution is 5.96. The maximum Gasteiger partial charge on any atom is 0.407 e. The van der Waals surface area contributed by atoms with Crippen LogP contribution in [0.4, 0.5) is 22.2 Å². The zero-order valence-electron chi connectivity index (χ0n) is 17.3. The molecule has 1 aliphatic heterocycles. The molecule has 2 aromatic heterocycles. The van der Waals surface area contributed by atoms with Gasteiger partial charge in [0.1, 0.15) is 6.26 Å². The molecule has 0 unspecified atom stereocenters. The predicted octanol–water partition coefficient (Wildman–Crippen LogP) is 1.95. The summed E-state index contributed by atoms with van der Waals surface area (Å²) in [6.07, 6.45) is 3.62. The van der Waals surface area contributed by atoms with Crippen LogP contribution in [0.2, 0.25) is 0 Å². The number of likely N-dealkylation sites (tertiary alicyclic amines) is 1. The van der Waals surface area contributed by atoms with E-state index in [1.807, 2.05) is 12.1 Å². The molecule has 166 valence electrons. The molecular weight excluding hydrogens is 416 g/mol. The third-order valence-corrected chi connectivity index (χ3v) is 5.27. The molecule has 2 amide bonds. The van der Waals surface area contributed by atoms with E-state index in [1.54, 1.807) is 30.3 Å². The van der Waals surface area contributed by atoms with E-state index in [-0.39, 0.29) is 23.5 Å². The number of nitrogens with two attached hydrogens (primary N) is 1. The minimum Gasteiger partial charge on any atom is -0.465 e. The van der Waals surface area contributed by atoms with Gasteiger partial charge in [0.25, 0.3) is 5.91 Å². The minimum atomic E-state index is -0.957. The minimum absolute atomic E-state index is 0.102. The van der Waals surface area contributed by atoms with Gasteiger partial charge in [-0.15, -0.1) is 10.2 Å². The Labute approximate surface area is 183 Å². The Balaban J connectivity index is 1.57. The molecule has 3 aromatic rings. The monoisotopic (exact) mass is 438 g/mol. The average molecular weight is 438 g/mol. The molecule has 12 nitrogen and oxygen atoms in total. The van der Waals surface area contributed by atoms with Crippen molar-refractivity contribution in [1.29, 1.82) is 0 Å². The lowest BCUT2D eigenvalue weighted by atomic mass is 10.1. The SMILES string of the molecule is CN(c1nnc(C(N)=O)c(Nc2ccc(-c3ncco3)cc2)n1)[C@@H]1CCCN(C(=O)O)C1. The van der Waals surface area contributed by atoms with Gasteiger partial charge in [-0.25, -0.2) is 9.78 Å². The molecule has 1 aromatic carbocycles. The third kappa shape index (κ3) is 4.43. The number of carboxylic acid groups (broad SMARTS) is 1. The van der Waals surface area contributed by atoms with Crippen molar-refractivity contribution in [2.24, 2.45) is 5.73 Å². The number of carbonyl (C=O) groups is 2. The van der Waals surface area contributed by atoms with Crippen LogP contribution in [-0.2, 0) is 0 Å². The predicted molar refractivity (Wildman–Crippen MR) is 115 cm³/mol. The molecule has 1 saturated heterocycles. The van der Waals surface area contributed by atoms with Gasteiger partial charge in [0, 0.05) is 37.4 Å². The summed E-state index contributed by atoms with van der Waals surface area (Å²) < 4.78 is 5.28. The van der Waals surface area contributed by atoms with Gasteiger partial charge in [-0.1, -0.05) is 0 Å². The second kappa shape index (κ2) is 8.88. The Bertz CT molecular complexity index is 1100. The first-order chi connectivity index (χ1) is 15.4. The zero-order valence-corrected chi connectivity index (χ0v) is 17.3. The molecule has 0 radical (unpaired) electrons. The fourth-order valence-corrected chi connectivity index (χ4v) is 3.53. The largest absolute Gasteiger partial charge is 0.465 e. The van der Waals surface area contributed by atoms with Gasteiger partial charge < -0.3 is 30.4 Å². The van der Waals surface area contributed by atoms with Crippen LogP contribution in [0.15, 0.2) is 41.1 Å². The number of anilines is 3. The Hall–Kier alpha value is -4.22. The Morgan fingerprint density at radius 3 is 2.72 bits per heavy atom. The summed E-state index contributed by atoms with van der Waals surface area (Å²) in [4.78, 5) is 34.9. The van der Waals surface area contributed by atoms with Crippen molar-refractivity contribution in [3.63, 3.8) is 0 Å². The number of nitrogens with zero attached hydrogens (tertiary/aromatic N) is 6. The van der Waals surface area contributed by atoms with Gasteiger partial charge in [-0.2, -0.15) is 4.98 Å². The van der Waals surface area contributed by atoms with Crippen LogP contribution in [0.25, 0.3) is 11.5 Å². The number of likely N-dealkylation sites (N-methyl/N-ethyl adjacent to an activating group) is 1. The molecule has 1 fully saturated rings. The van der Waals surface area contributed by atoms with Crippen LogP contribution in [0.1, 0.15) is 23.3 Å². The number of amides is 2. The van der Waals surface area contributed by atoms with Crippen molar-refractivity contribution >= 4 is 29.5 Å². The number of oxazole rings is 1. The number of hydrogen-bond donors (Lipinski definition) is 3. The molecule has 12 heteroatoms. The lowest BCUT2D eigenvalue weighted by molar-refractivity contribution is 0.0994. The van der Waals surface area contributed by atoms with Gasteiger partial charge in [0.15, 0.2) is 11.5 Å². The van der Waals surface area contributed by atoms with E-state index < -0.39 is 12.0 Å². The van der Waals surface area contributed by atoms with E-state index in [0.29, 0.717) is 24.7 Å². The first-order valence-corrected chi connectivity index (χ1v) is 9.94. The molecule has 32 heavy (non-hydrogen) atoms. The third-order valence-electron chi connectivity index (χ3n) is 5.27. The maximum absolute atomic E-state index is 11.9. The van der Waals surface area contributed by atoms with E-state index in [1.165, 1.54) is 11.2 Å². The highest BCUT2D eigenvalue weighted by atomic mass is 16.4. The Morgan fingerprint density at radius 1 is 1.28 bits per heavy atom. The highest BCUT2D eigenvalue weighted by Gasteiger charge is 2.28. The molecular formula is C20H22N8O4. The molecule has 3 heterocycles. The van der Waals surface area contributed by atoms with Gasteiger partial charge >= 0.3 is 6.09 Å². The number of piperidine rings is 1. The van der Waals surface area contributed by atoms with Crippen LogP contribution >= 0.6 is 0 Å². The molecule has 0 spiro atoms. The summed E-state index contributed by atoms with van der Waals surface area (Å²) in [6.45, 7) is 0.827. The number of primary amides is 1. The second-order valence-corrected chi connectivity index (χ2v) is 7.35. The van der Waals surface area contributed by atoms with E-state index in [2.05, 4.69) is 25.5 Å². The number of carbonyl (C=O) groups excluding carboxylic acids is 1. The normalized spacial score (nSPS) is 15.9. The molecule has 0 bridgehead atoms. The number of hydrogen-bond acceptors (Lipinski definition) is 9. The number of aromatic nitrogens is 4. The first kappa shape index (κ1) is 21.0. The topological polar surface area (TPSA) is 164 Å². The summed E-state index contributed by atoms with van der Waals surface area (Å²) in [5.74, 6) is 0.132. The lowest BCUT2D eigenvalue weighted by Crippen LogP contribution is -2.48. The highest BCUT2D eigenvalue weighted by Crippen LogP contribution is 2.24. The number of benzene rings is 1. The Morgan fingerprint density at radius 2 is 2.06 bits per heavy atom. The molecule has 1 aliphatic rings. The van der Waals surface area contributed by atoms with Crippen molar-refractivity contribution < 1.29 is 19.1 Å². The van der Waals surface area contributed by atoms with Crippen molar-refractivity contribution in [3.8, 4) is 11.5 Å². The zero-order chi connectivity index (χ0) is 22.7. The van der Waals surface area contributed by atoms with E-state index in [9.17, 15) is 14.7 Å². The van der Waals surface area contributed by atoms with Crippen molar-refractivity contribution in [2.45, 2.75) is 18.9 Å². The molecule has 0 aliphatic carbocycles. The fraction of sp³-hybridized carbons (Fsp3) is 0.300. The van der Waals surface area contributed by atoms with Crippen LogP contribution in [-0.4, -0.2) is 68.4 Å². The summed E-state index contributed by atoms with van der Waals surface area (Å²) >= 11 is 0. The van der Waals surface area contributed by atoms with Crippen molar-refractivity contribution in [1.82, 2.24) is 25.1 Å². The van der Waals surface area contributed by atoms with Crippen LogP contribution in [0.3, 0.4) is 0 Å². The van der Waals surface area contributed by atoms with Gasteiger partial charge in [0.05, 0.1) is 6.20 Å². The Kier molecular flexibility index (Phi) is 5.83. The van der Waals surface area contributed by atoms with Crippen LogP contribution in [0.5, 0.6) is 0 Å². The number of nitrogens with one attached hydrogen (secondary N) is 1.